The maximum atomic E-state index is 12.0. The SMILES string of the molecule is Cc1ccc(CC(=O)NCCCc2ccc(OC(C)C)cc2)cc1C. The summed E-state index contributed by atoms with van der Waals surface area (Å²) >= 11 is 0. The van der Waals surface area contributed by atoms with Crippen molar-refractivity contribution in [3.05, 3.63) is 64.7 Å². The highest BCUT2D eigenvalue weighted by Crippen LogP contribution is 2.15. The minimum Gasteiger partial charge on any atom is -0.491 e. The summed E-state index contributed by atoms with van der Waals surface area (Å²) in [5, 5.41) is 3.01. The van der Waals surface area contributed by atoms with E-state index in [0.29, 0.717) is 13.0 Å². The number of amides is 1. The number of benzene rings is 2. The zero-order valence-corrected chi connectivity index (χ0v) is 15.8. The number of rotatable bonds is 8. The van der Waals surface area contributed by atoms with E-state index in [1.165, 1.54) is 16.7 Å². The Labute approximate surface area is 151 Å². The summed E-state index contributed by atoms with van der Waals surface area (Å²) < 4.78 is 5.64. The predicted octanol–water partition coefficient (Wildman–Crippen LogP) is 4.38. The standard InChI is InChI=1S/C22H29NO2/c1-16(2)25-21-11-9-19(10-12-21)6-5-13-23-22(24)15-20-8-7-17(3)18(4)14-20/h7-12,14,16H,5-6,13,15H2,1-4H3,(H,23,24). The van der Waals surface area contributed by atoms with E-state index in [2.05, 4.69) is 43.4 Å². The second-order valence-corrected chi connectivity index (χ2v) is 6.86. The van der Waals surface area contributed by atoms with Gasteiger partial charge in [-0.05, 0) is 74.9 Å². The van der Waals surface area contributed by atoms with E-state index in [1.54, 1.807) is 0 Å². The van der Waals surface area contributed by atoms with E-state index in [9.17, 15) is 4.79 Å². The van der Waals surface area contributed by atoms with Crippen molar-refractivity contribution >= 4 is 5.91 Å². The Morgan fingerprint density at radius 3 is 2.32 bits per heavy atom. The fourth-order valence-corrected chi connectivity index (χ4v) is 2.69. The highest BCUT2D eigenvalue weighted by molar-refractivity contribution is 5.78. The van der Waals surface area contributed by atoms with Crippen molar-refractivity contribution in [3.8, 4) is 5.75 Å². The lowest BCUT2D eigenvalue weighted by Crippen LogP contribution is -2.26. The molecule has 25 heavy (non-hydrogen) atoms. The summed E-state index contributed by atoms with van der Waals surface area (Å²) in [6, 6.07) is 14.4. The number of ether oxygens (including phenoxy) is 1. The average Bonchev–Trinajstić information content (AvgIpc) is 2.56. The minimum atomic E-state index is 0.0870. The number of hydrogen-bond donors (Lipinski definition) is 1. The van der Waals surface area contributed by atoms with Gasteiger partial charge in [-0.1, -0.05) is 30.3 Å². The Hall–Kier alpha value is -2.29. The van der Waals surface area contributed by atoms with E-state index >= 15 is 0 Å². The number of nitrogens with one attached hydrogen (secondary N) is 1. The Bertz CT molecular complexity index is 690. The van der Waals surface area contributed by atoms with Crippen molar-refractivity contribution in [1.82, 2.24) is 5.32 Å². The minimum absolute atomic E-state index is 0.0870. The van der Waals surface area contributed by atoms with Gasteiger partial charge in [0.15, 0.2) is 0 Å². The monoisotopic (exact) mass is 339 g/mol. The molecule has 0 saturated carbocycles. The smallest absolute Gasteiger partial charge is 0.224 e. The molecule has 1 amide bonds. The maximum Gasteiger partial charge on any atom is 0.224 e. The van der Waals surface area contributed by atoms with Crippen molar-refractivity contribution in [2.45, 2.75) is 53.1 Å². The van der Waals surface area contributed by atoms with E-state index in [4.69, 9.17) is 4.74 Å². The van der Waals surface area contributed by atoms with Gasteiger partial charge >= 0.3 is 0 Å². The van der Waals surface area contributed by atoms with Crippen molar-refractivity contribution in [1.29, 1.82) is 0 Å². The predicted molar refractivity (Wildman–Crippen MR) is 103 cm³/mol. The van der Waals surface area contributed by atoms with Crippen molar-refractivity contribution in [3.63, 3.8) is 0 Å². The molecule has 0 bridgehead atoms. The van der Waals surface area contributed by atoms with Crippen LogP contribution in [0.15, 0.2) is 42.5 Å². The first-order chi connectivity index (χ1) is 11.9. The zero-order chi connectivity index (χ0) is 18.2. The van der Waals surface area contributed by atoms with Crippen LogP contribution in [0.2, 0.25) is 0 Å². The van der Waals surface area contributed by atoms with Crippen LogP contribution in [0, 0.1) is 13.8 Å². The third-order valence-corrected chi connectivity index (χ3v) is 4.20. The second kappa shape index (κ2) is 9.26. The molecule has 0 aliphatic carbocycles. The van der Waals surface area contributed by atoms with Crippen LogP contribution in [-0.2, 0) is 17.6 Å². The Morgan fingerprint density at radius 2 is 1.68 bits per heavy atom. The molecule has 0 heterocycles. The fourth-order valence-electron chi connectivity index (χ4n) is 2.69. The third-order valence-electron chi connectivity index (χ3n) is 4.20. The zero-order valence-electron chi connectivity index (χ0n) is 15.8. The lowest BCUT2D eigenvalue weighted by molar-refractivity contribution is -0.120. The molecule has 0 radical (unpaired) electrons. The molecule has 0 aliphatic heterocycles. The highest BCUT2D eigenvalue weighted by atomic mass is 16.5. The highest BCUT2D eigenvalue weighted by Gasteiger charge is 2.04. The van der Waals surface area contributed by atoms with E-state index in [1.807, 2.05) is 32.0 Å². The van der Waals surface area contributed by atoms with Gasteiger partial charge in [-0.15, -0.1) is 0 Å². The summed E-state index contributed by atoms with van der Waals surface area (Å²) in [7, 11) is 0. The molecule has 2 rings (SSSR count). The molecule has 2 aromatic rings. The van der Waals surface area contributed by atoms with Crippen LogP contribution in [0.1, 0.15) is 42.5 Å². The number of carbonyl (C=O) groups excluding carboxylic acids is 1. The van der Waals surface area contributed by atoms with Gasteiger partial charge in [-0.2, -0.15) is 0 Å². The first-order valence-electron chi connectivity index (χ1n) is 9.02. The van der Waals surface area contributed by atoms with Crippen molar-refractivity contribution in [2.75, 3.05) is 6.54 Å². The van der Waals surface area contributed by atoms with Gasteiger partial charge in [0.1, 0.15) is 5.75 Å². The van der Waals surface area contributed by atoms with Gasteiger partial charge < -0.3 is 10.1 Å². The van der Waals surface area contributed by atoms with Crippen LogP contribution >= 0.6 is 0 Å². The molecule has 0 atom stereocenters. The van der Waals surface area contributed by atoms with E-state index < -0.39 is 0 Å². The lowest BCUT2D eigenvalue weighted by Gasteiger charge is -2.10. The molecule has 0 aliphatic rings. The van der Waals surface area contributed by atoms with Gasteiger partial charge in [0, 0.05) is 6.54 Å². The lowest BCUT2D eigenvalue weighted by atomic mass is 10.0. The van der Waals surface area contributed by atoms with Crippen LogP contribution in [0.4, 0.5) is 0 Å². The summed E-state index contributed by atoms with van der Waals surface area (Å²) in [6.45, 7) is 8.91. The van der Waals surface area contributed by atoms with Gasteiger partial charge in [0.25, 0.3) is 0 Å². The van der Waals surface area contributed by atoms with Gasteiger partial charge in [0.05, 0.1) is 12.5 Å². The Kier molecular flexibility index (Phi) is 7.05. The van der Waals surface area contributed by atoms with Crippen molar-refractivity contribution in [2.24, 2.45) is 0 Å². The number of aryl methyl sites for hydroxylation is 3. The average molecular weight is 339 g/mol. The first-order valence-corrected chi connectivity index (χ1v) is 9.02. The van der Waals surface area contributed by atoms with Gasteiger partial charge in [-0.3, -0.25) is 4.79 Å². The molecule has 2 aromatic carbocycles. The van der Waals surface area contributed by atoms with Crippen LogP contribution in [0.25, 0.3) is 0 Å². The molecule has 3 heteroatoms. The Balaban J connectivity index is 1.69. The Morgan fingerprint density at radius 1 is 1.00 bits per heavy atom. The molecule has 0 spiro atoms. The van der Waals surface area contributed by atoms with Crippen LogP contribution in [0.3, 0.4) is 0 Å². The fraction of sp³-hybridized carbons (Fsp3) is 0.409. The summed E-state index contributed by atoms with van der Waals surface area (Å²) in [6.07, 6.45) is 2.52. The van der Waals surface area contributed by atoms with E-state index in [0.717, 1.165) is 24.2 Å². The molecule has 3 nitrogen and oxygen atoms in total. The molecular weight excluding hydrogens is 310 g/mol. The summed E-state index contributed by atoms with van der Waals surface area (Å²) in [4.78, 5) is 12.0. The first kappa shape index (κ1) is 19.0. The molecule has 134 valence electrons. The summed E-state index contributed by atoms with van der Waals surface area (Å²) in [5.41, 5.74) is 4.82. The second-order valence-electron chi connectivity index (χ2n) is 6.86. The molecule has 0 aromatic heterocycles. The van der Waals surface area contributed by atoms with Gasteiger partial charge in [-0.25, -0.2) is 0 Å². The van der Waals surface area contributed by atoms with Gasteiger partial charge in [0.2, 0.25) is 5.91 Å². The van der Waals surface area contributed by atoms with Crippen molar-refractivity contribution < 1.29 is 9.53 Å². The normalized spacial score (nSPS) is 10.8. The van der Waals surface area contributed by atoms with Crippen LogP contribution < -0.4 is 10.1 Å². The quantitative estimate of drug-likeness (QED) is 0.725. The van der Waals surface area contributed by atoms with Crippen LogP contribution in [-0.4, -0.2) is 18.6 Å². The molecule has 0 fully saturated rings. The number of carbonyl (C=O) groups is 1. The largest absolute Gasteiger partial charge is 0.491 e. The molecule has 0 unspecified atom stereocenters. The van der Waals surface area contributed by atoms with E-state index in [-0.39, 0.29) is 12.0 Å². The third kappa shape index (κ3) is 6.61. The maximum absolute atomic E-state index is 12.0. The topological polar surface area (TPSA) is 38.3 Å². The molecule has 1 N–H and O–H groups in total. The number of hydrogen-bond acceptors (Lipinski definition) is 2. The molecular formula is C22H29NO2. The van der Waals surface area contributed by atoms with Crippen LogP contribution in [0.5, 0.6) is 5.75 Å². The molecule has 0 saturated heterocycles. The summed E-state index contributed by atoms with van der Waals surface area (Å²) in [5.74, 6) is 0.990.